The molecule has 146 valence electrons. The van der Waals surface area contributed by atoms with Gasteiger partial charge in [-0.25, -0.2) is 9.37 Å². The molecule has 2 bridgehead atoms. The number of nitrogens with zero attached hydrogens (tertiary/aromatic N) is 1. The van der Waals surface area contributed by atoms with Crippen molar-refractivity contribution < 1.29 is 18.7 Å². The first-order valence-electron chi connectivity index (χ1n) is 9.68. The summed E-state index contributed by atoms with van der Waals surface area (Å²) in [6, 6.07) is 1.09. The Balaban J connectivity index is 1.52. The molecule has 28 heavy (non-hydrogen) atoms. The van der Waals surface area contributed by atoms with Gasteiger partial charge in [-0.3, -0.25) is 9.59 Å². The van der Waals surface area contributed by atoms with Crippen molar-refractivity contribution >= 4 is 22.9 Å². The van der Waals surface area contributed by atoms with Gasteiger partial charge in [-0.2, -0.15) is 0 Å². The lowest BCUT2D eigenvalue weighted by molar-refractivity contribution is -0.156. The third-order valence-electron chi connectivity index (χ3n) is 5.88. The summed E-state index contributed by atoms with van der Waals surface area (Å²) in [5.74, 6) is 4.45. The van der Waals surface area contributed by atoms with Gasteiger partial charge >= 0.3 is 5.97 Å². The Bertz CT molecular complexity index is 966. The maximum absolute atomic E-state index is 13.4. The summed E-state index contributed by atoms with van der Waals surface area (Å²) in [4.78, 5) is 31.8. The van der Waals surface area contributed by atoms with Crippen molar-refractivity contribution in [1.82, 2.24) is 15.3 Å². The quantitative estimate of drug-likeness (QED) is 0.630. The maximum Gasteiger partial charge on any atom is 0.311 e. The monoisotopic (exact) mass is 383 g/mol. The highest BCUT2D eigenvalue weighted by Crippen LogP contribution is 2.45. The van der Waals surface area contributed by atoms with E-state index in [0.717, 1.165) is 31.9 Å². The number of ether oxygens (including phenoxy) is 1. The molecule has 2 N–H and O–H groups in total. The average Bonchev–Trinajstić information content (AvgIpc) is 3.09. The average molecular weight is 383 g/mol. The van der Waals surface area contributed by atoms with Crippen LogP contribution < -0.4 is 5.32 Å². The topological polar surface area (TPSA) is 84.1 Å². The van der Waals surface area contributed by atoms with E-state index < -0.39 is 11.7 Å². The molecule has 3 aliphatic carbocycles. The van der Waals surface area contributed by atoms with Crippen LogP contribution in [0.1, 0.15) is 38.2 Å². The van der Waals surface area contributed by atoms with Gasteiger partial charge in [0.15, 0.2) is 0 Å². The highest BCUT2D eigenvalue weighted by Gasteiger charge is 2.48. The molecule has 0 saturated heterocycles. The van der Waals surface area contributed by atoms with Crippen molar-refractivity contribution in [2.45, 2.75) is 38.6 Å². The van der Waals surface area contributed by atoms with Crippen molar-refractivity contribution in [2.24, 2.45) is 17.8 Å². The van der Waals surface area contributed by atoms with Crippen LogP contribution in [0.15, 0.2) is 18.5 Å². The van der Waals surface area contributed by atoms with Gasteiger partial charge in [-0.05, 0) is 50.5 Å². The molecule has 0 unspecified atom stereocenters. The number of fused-ring (bicyclic) bond motifs is 4. The molecule has 7 heteroatoms. The number of carbonyl (C=O) groups excluding carboxylic acids is 2. The number of carbonyl (C=O) groups is 2. The van der Waals surface area contributed by atoms with Crippen LogP contribution in [0.2, 0.25) is 0 Å². The van der Waals surface area contributed by atoms with Crippen molar-refractivity contribution in [3.8, 4) is 11.8 Å². The molecule has 2 aromatic rings. The maximum atomic E-state index is 13.4. The number of hydrogen-bond donors (Lipinski definition) is 2. The smallest absolute Gasteiger partial charge is 0.311 e. The Morgan fingerprint density at radius 3 is 2.82 bits per heavy atom. The number of rotatable bonds is 3. The zero-order chi connectivity index (χ0) is 19.7. The SMILES string of the molecule is CCOC(=O)[C@H]1C2CCC(CC2)[C@@H]1NC(=O)C#Cc1c[nH]c2ncc(F)cc12. The summed E-state index contributed by atoms with van der Waals surface area (Å²) in [6.07, 6.45) is 6.73. The van der Waals surface area contributed by atoms with Gasteiger partial charge in [-0.15, -0.1) is 0 Å². The summed E-state index contributed by atoms with van der Waals surface area (Å²) in [5.41, 5.74) is 1.02. The van der Waals surface area contributed by atoms with Gasteiger partial charge in [0, 0.05) is 23.5 Å². The van der Waals surface area contributed by atoms with Crippen molar-refractivity contribution in [3.05, 3.63) is 29.8 Å². The number of H-pyrrole nitrogens is 1. The van der Waals surface area contributed by atoms with Gasteiger partial charge in [0.05, 0.1) is 24.3 Å². The molecule has 0 spiro atoms. The Morgan fingerprint density at radius 2 is 2.07 bits per heavy atom. The number of nitrogens with one attached hydrogen (secondary N) is 2. The Kier molecular flexibility index (Phi) is 5.03. The van der Waals surface area contributed by atoms with E-state index in [1.54, 1.807) is 13.1 Å². The van der Waals surface area contributed by atoms with Crippen LogP contribution in [0.5, 0.6) is 0 Å². The summed E-state index contributed by atoms with van der Waals surface area (Å²) in [7, 11) is 0. The Labute approximate surface area is 162 Å². The highest BCUT2D eigenvalue weighted by atomic mass is 19.1. The number of hydrogen-bond acceptors (Lipinski definition) is 4. The number of aromatic nitrogens is 2. The lowest BCUT2D eigenvalue weighted by Crippen LogP contribution is -2.56. The van der Waals surface area contributed by atoms with Crippen LogP contribution in [0, 0.1) is 35.4 Å². The summed E-state index contributed by atoms with van der Waals surface area (Å²) in [6.45, 7) is 2.12. The second-order valence-electron chi connectivity index (χ2n) is 7.45. The van der Waals surface area contributed by atoms with Crippen molar-refractivity contribution in [3.63, 3.8) is 0 Å². The molecule has 3 saturated carbocycles. The molecule has 0 aliphatic heterocycles. The van der Waals surface area contributed by atoms with E-state index in [4.69, 9.17) is 4.74 Å². The molecular weight excluding hydrogens is 361 g/mol. The van der Waals surface area contributed by atoms with E-state index in [0.29, 0.717) is 23.2 Å². The Hall–Kier alpha value is -2.88. The number of aromatic amines is 1. The lowest BCUT2D eigenvalue weighted by atomic mass is 9.61. The molecule has 3 aliphatic rings. The largest absolute Gasteiger partial charge is 0.466 e. The zero-order valence-corrected chi connectivity index (χ0v) is 15.6. The van der Waals surface area contributed by atoms with Gasteiger partial charge in [-0.1, -0.05) is 5.92 Å². The molecule has 1 amide bonds. The van der Waals surface area contributed by atoms with E-state index in [1.807, 2.05) is 0 Å². The molecule has 6 nitrogen and oxygen atoms in total. The number of amides is 1. The zero-order valence-electron chi connectivity index (χ0n) is 15.6. The van der Waals surface area contributed by atoms with Gasteiger partial charge in [0.2, 0.25) is 0 Å². The predicted octanol–water partition coefficient (Wildman–Crippen LogP) is 2.54. The molecule has 3 fully saturated rings. The third kappa shape index (κ3) is 3.47. The van der Waals surface area contributed by atoms with Gasteiger partial charge in [0.25, 0.3) is 5.91 Å². The van der Waals surface area contributed by atoms with Crippen LogP contribution in [0.25, 0.3) is 11.0 Å². The molecule has 2 atom stereocenters. The summed E-state index contributed by atoms with van der Waals surface area (Å²) in [5, 5.41) is 3.48. The van der Waals surface area contributed by atoms with Crippen molar-refractivity contribution in [2.75, 3.05) is 6.61 Å². The molecular formula is C21H22FN3O3. The minimum Gasteiger partial charge on any atom is -0.466 e. The Morgan fingerprint density at radius 1 is 1.32 bits per heavy atom. The number of halogens is 1. The summed E-state index contributed by atoms with van der Waals surface area (Å²) < 4.78 is 18.7. The number of pyridine rings is 1. The van der Waals surface area contributed by atoms with E-state index in [1.165, 1.54) is 6.07 Å². The standard InChI is InChI=1S/C21H22FN3O3/c1-2-28-21(27)18-12-3-5-13(6-4-12)19(18)25-17(26)8-7-14-10-23-20-16(14)9-15(22)11-24-20/h9-13,18-19H,2-6H2,1H3,(H,23,24)(H,25,26)/t12?,13?,18-,19-/m0/s1. The minimum atomic E-state index is -0.463. The minimum absolute atomic E-state index is 0.228. The first kappa shape index (κ1) is 18.5. The fourth-order valence-corrected chi connectivity index (χ4v) is 4.63. The molecule has 2 heterocycles. The van der Waals surface area contributed by atoms with Crippen LogP contribution in [0.3, 0.4) is 0 Å². The van der Waals surface area contributed by atoms with E-state index in [-0.39, 0.29) is 29.8 Å². The van der Waals surface area contributed by atoms with Gasteiger partial charge in [0.1, 0.15) is 11.5 Å². The van der Waals surface area contributed by atoms with Crippen LogP contribution in [0.4, 0.5) is 4.39 Å². The second kappa shape index (κ2) is 7.63. The van der Waals surface area contributed by atoms with Crippen molar-refractivity contribution in [1.29, 1.82) is 0 Å². The fourth-order valence-electron chi connectivity index (χ4n) is 4.63. The fraction of sp³-hybridized carbons (Fsp3) is 0.476. The van der Waals surface area contributed by atoms with E-state index in [9.17, 15) is 14.0 Å². The highest BCUT2D eigenvalue weighted by molar-refractivity contribution is 5.96. The first-order valence-corrected chi connectivity index (χ1v) is 9.68. The molecule has 5 rings (SSSR count). The molecule has 0 aromatic carbocycles. The van der Waals surface area contributed by atoms with Crippen LogP contribution >= 0.6 is 0 Å². The third-order valence-corrected chi connectivity index (χ3v) is 5.88. The lowest BCUT2D eigenvalue weighted by Gasteiger charge is -2.47. The van der Waals surface area contributed by atoms with Crippen LogP contribution in [-0.2, 0) is 14.3 Å². The summed E-state index contributed by atoms with van der Waals surface area (Å²) >= 11 is 0. The van der Waals surface area contributed by atoms with E-state index >= 15 is 0 Å². The predicted molar refractivity (Wildman–Crippen MR) is 100 cm³/mol. The first-order chi connectivity index (χ1) is 13.6. The normalized spacial score (nSPS) is 25.8. The number of esters is 1. The van der Waals surface area contributed by atoms with Crippen LogP contribution in [-0.4, -0.2) is 34.5 Å². The van der Waals surface area contributed by atoms with Gasteiger partial charge < -0.3 is 15.0 Å². The second-order valence-corrected chi connectivity index (χ2v) is 7.45. The molecule has 0 radical (unpaired) electrons. The molecule has 2 aromatic heterocycles. The van der Waals surface area contributed by atoms with E-state index in [2.05, 4.69) is 27.1 Å².